The van der Waals surface area contributed by atoms with E-state index in [0.717, 1.165) is 38.3 Å². The highest BCUT2D eigenvalue weighted by atomic mass is 32.2. The van der Waals surface area contributed by atoms with Gasteiger partial charge in [-0.25, -0.2) is 0 Å². The molecule has 2 aliphatic heterocycles. The number of fused-ring (bicyclic) bond motifs is 1. The second kappa shape index (κ2) is 7.77. The van der Waals surface area contributed by atoms with Crippen LogP contribution >= 0.6 is 11.8 Å². The lowest BCUT2D eigenvalue weighted by Crippen LogP contribution is -2.50. The molecular weight excluding hydrogens is 368 g/mol. The quantitative estimate of drug-likeness (QED) is 0.718. The Morgan fingerprint density at radius 2 is 1.96 bits per heavy atom. The van der Waals surface area contributed by atoms with Gasteiger partial charge < -0.3 is 23.7 Å². The molecule has 1 aromatic heterocycles. The Morgan fingerprint density at radius 1 is 1.19 bits per heavy atom. The fraction of sp³-hybridized carbons (Fsp3) is 0.500. The average molecular weight is 390 g/mol. The minimum Gasteiger partial charge on any atom is -0.454 e. The number of thioether (sulfide) groups is 1. The van der Waals surface area contributed by atoms with Crippen molar-refractivity contribution in [2.45, 2.75) is 24.3 Å². The Bertz CT molecular complexity index is 819. The van der Waals surface area contributed by atoms with Crippen molar-refractivity contribution in [3.8, 4) is 23.0 Å². The number of benzene rings is 1. The fourth-order valence-corrected chi connectivity index (χ4v) is 3.91. The van der Waals surface area contributed by atoms with Gasteiger partial charge in [0, 0.05) is 31.7 Å². The predicted octanol–water partition coefficient (Wildman–Crippen LogP) is 2.11. The van der Waals surface area contributed by atoms with Crippen molar-refractivity contribution < 1.29 is 18.7 Å². The van der Waals surface area contributed by atoms with Gasteiger partial charge in [0.15, 0.2) is 11.5 Å². The van der Waals surface area contributed by atoms with Gasteiger partial charge in [0.25, 0.3) is 5.22 Å². The number of hydrogen-bond acceptors (Lipinski definition) is 8. The zero-order valence-electron chi connectivity index (χ0n) is 15.4. The van der Waals surface area contributed by atoms with Gasteiger partial charge in [0.2, 0.25) is 18.6 Å². The number of aromatic nitrogens is 2. The lowest BCUT2D eigenvalue weighted by Gasteiger charge is -2.35. The summed E-state index contributed by atoms with van der Waals surface area (Å²) in [5, 5.41) is 8.28. The summed E-state index contributed by atoms with van der Waals surface area (Å²) in [6, 6.07) is 5.47. The van der Waals surface area contributed by atoms with Crippen molar-refractivity contribution in [3.05, 3.63) is 18.2 Å². The number of piperazine rings is 1. The van der Waals surface area contributed by atoms with E-state index in [1.165, 1.54) is 11.8 Å². The first-order chi connectivity index (χ1) is 13.1. The molecule has 0 saturated carbocycles. The van der Waals surface area contributed by atoms with Gasteiger partial charge in [0.05, 0.1) is 5.25 Å². The molecule has 0 bridgehead atoms. The smallest absolute Gasteiger partial charge is 0.277 e. The molecule has 4 rings (SSSR count). The molecule has 1 amide bonds. The number of hydrogen-bond donors (Lipinski definition) is 0. The van der Waals surface area contributed by atoms with E-state index < -0.39 is 0 Å². The van der Waals surface area contributed by atoms with E-state index in [9.17, 15) is 4.79 Å². The number of likely N-dealkylation sites (N-methyl/N-ethyl adjacent to an activating group) is 1. The Hall–Kier alpha value is -2.26. The van der Waals surface area contributed by atoms with Crippen LogP contribution in [0, 0.1) is 0 Å². The Labute approximate surface area is 161 Å². The van der Waals surface area contributed by atoms with Crippen molar-refractivity contribution in [1.29, 1.82) is 0 Å². The molecular formula is C18H22N4O4S. The minimum absolute atomic E-state index is 0.110. The highest BCUT2D eigenvalue weighted by Gasteiger charge is 2.26. The van der Waals surface area contributed by atoms with Crippen molar-refractivity contribution in [1.82, 2.24) is 20.0 Å². The Balaban J connectivity index is 1.38. The molecule has 1 fully saturated rings. The summed E-state index contributed by atoms with van der Waals surface area (Å²) in [5.41, 5.74) is 0.758. The number of carbonyl (C=O) groups excluding carboxylic acids is 1. The third kappa shape index (κ3) is 3.89. The van der Waals surface area contributed by atoms with Crippen LogP contribution in [0.2, 0.25) is 0 Å². The first-order valence-corrected chi connectivity index (χ1v) is 9.93. The van der Waals surface area contributed by atoms with Gasteiger partial charge in [-0.2, -0.15) is 0 Å². The molecule has 9 heteroatoms. The molecule has 0 spiro atoms. The van der Waals surface area contributed by atoms with Gasteiger partial charge in [0.1, 0.15) is 0 Å². The van der Waals surface area contributed by atoms with E-state index in [2.05, 4.69) is 22.0 Å². The first-order valence-electron chi connectivity index (χ1n) is 9.05. The zero-order chi connectivity index (χ0) is 18.8. The monoisotopic (exact) mass is 390 g/mol. The van der Waals surface area contributed by atoms with Crippen LogP contribution in [-0.4, -0.2) is 70.7 Å². The van der Waals surface area contributed by atoms with Gasteiger partial charge in [-0.15, -0.1) is 10.2 Å². The van der Waals surface area contributed by atoms with Crippen molar-refractivity contribution in [3.63, 3.8) is 0 Å². The molecule has 1 atom stereocenters. The minimum atomic E-state index is -0.275. The number of carbonyl (C=O) groups is 1. The molecule has 27 heavy (non-hydrogen) atoms. The van der Waals surface area contributed by atoms with Crippen LogP contribution < -0.4 is 9.47 Å². The fourth-order valence-electron chi connectivity index (χ4n) is 3.15. The third-order valence-corrected chi connectivity index (χ3v) is 5.70. The number of rotatable bonds is 5. The summed E-state index contributed by atoms with van der Waals surface area (Å²) in [6.45, 7) is 8.65. The average Bonchev–Trinajstić information content (AvgIpc) is 3.36. The molecule has 3 heterocycles. The SMILES string of the molecule is CCN1CCN(C(=O)[C@H](C)Sc2nnc(-c3ccc4c(c3)OCO4)o2)CC1. The van der Waals surface area contributed by atoms with Crippen molar-refractivity contribution in [2.24, 2.45) is 0 Å². The summed E-state index contributed by atoms with van der Waals surface area (Å²) >= 11 is 1.29. The van der Waals surface area contributed by atoms with E-state index in [-0.39, 0.29) is 18.0 Å². The number of ether oxygens (including phenoxy) is 2. The zero-order valence-corrected chi connectivity index (χ0v) is 16.2. The normalized spacial score (nSPS) is 17.9. The van der Waals surface area contributed by atoms with Gasteiger partial charge in [-0.05, 0) is 31.7 Å². The van der Waals surface area contributed by atoms with E-state index in [4.69, 9.17) is 13.9 Å². The van der Waals surface area contributed by atoms with Crippen LogP contribution in [0.5, 0.6) is 11.5 Å². The van der Waals surface area contributed by atoms with E-state index in [0.29, 0.717) is 22.6 Å². The van der Waals surface area contributed by atoms with E-state index in [1.54, 1.807) is 0 Å². The van der Waals surface area contributed by atoms with Gasteiger partial charge >= 0.3 is 0 Å². The van der Waals surface area contributed by atoms with Gasteiger partial charge in [-0.3, -0.25) is 4.79 Å². The maximum absolute atomic E-state index is 12.7. The molecule has 1 saturated heterocycles. The van der Waals surface area contributed by atoms with Gasteiger partial charge in [-0.1, -0.05) is 18.7 Å². The molecule has 1 aromatic carbocycles. The molecule has 2 aromatic rings. The largest absolute Gasteiger partial charge is 0.454 e. The maximum Gasteiger partial charge on any atom is 0.277 e. The lowest BCUT2D eigenvalue weighted by atomic mass is 10.2. The summed E-state index contributed by atoms with van der Waals surface area (Å²) in [6.07, 6.45) is 0. The molecule has 0 aliphatic carbocycles. The highest BCUT2D eigenvalue weighted by Crippen LogP contribution is 2.36. The van der Waals surface area contributed by atoms with Crippen LogP contribution in [0.15, 0.2) is 27.8 Å². The second-order valence-corrected chi connectivity index (χ2v) is 7.75. The topological polar surface area (TPSA) is 80.9 Å². The summed E-state index contributed by atoms with van der Waals surface area (Å²) in [4.78, 5) is 16.9. The lowest BCUT2D eigenvalue weighted by molar-refractivity contribution is -0.132. The maximum atomic E-state index is 12.7. The number of nitrogens with zero attached hydrogens (tertiary/aromatic N) is 4. The Kier molecular flexibility index (Phi) is 5.22. The van der Waals surface area contributed by atoms with Crippen LogP contribution in [0.25, 0.3) is 11.5 Å². The summed E-state index contributed by atoms with van der Waals surface area (Å²) < 4.78 is 16.4. The second-order valence-electron chi connectivity index (χ2n) is 6.46. The summed E-state index contributed by atoms with van der Waals surface area (Å²) in [5.74, 6) is 1.87. The summed E-state index contributed by atoms with van der Waals surface area (Å²) in [7, 11) is 0. The standard InChI is InChI=1S/C18H22N4O4S/c1-3-21-6-8-22(9-7-21)17(23)12(2)27-18-20-19-16(26-18)13-4-5-14-15(10-13)25-11-24-14/h4-5,10,12H,3,6-9,11H2,1-2H3/t12-/m0/s1. The molecule has 0 radical (unpaired) electrons. The van der Waals surface area contributed by atoms with Crippen molar-refractivity contribution >= 4 is 17.7 Å². The van der Waals surface area contributed by atoms with E-state index >= 15 is 0 Å². The van der Waals surface area contributed by atoms with Crippen molar-refractivity contribution in [2.75, 3.05) is 39.5 Å². The molecule has 2 aliphatic rings. The van der Waals surface area contributed by atoms with Crippen LogP contribution in [0.4, 0.5) is 0 Å². The highest BCUT2D eigenvalue weighted by molar-refractivity contribution is 8.00. The van der Waals surface area contributed by atoms with Crippen LogP contribution in [0.1, 0.15) is 13.8 Å². The van der Waals surface area contributed by atoms with Crippen LogP contribution in [-0.2, 0) is 4.79 Å². The molecule has 0 unspecified atom stereocenters. The Morgan fingerprint density at radius 3 is 2.74 bits per heavy atom. The first kappa shape index (κ1) is 18.1. The van der Waals surface area contributed by atoms with Crippen LogP contribution in [0.3, 0.4) is 0 Å². The van der Waals surface area contributed by atoms with E-state index in [1.807, 2.05) is 30.0 Å². The number of amides is 1. The molecule has 8 nitrogen and oxygen atoms in total. The third-order valence-electron chi connectivity index (χ3n) is 4.78. The molecule has 0 N–H and O–H groups in total. The molecule has 144 valence electrons. The predicted molar refractivity (Wildman–Crippen MR) is 99.9 cm³/mol.